The first-order chi connectivity index (χ1) is 4.66. The molecular formula is C4H9N2O4+. The molecule has 0 radical (unpaired) electrons. The van der Waals surface area contributed by atoms with E-state index in [0.717, 1.165) is 0 Å². The van der Waals surface area contributed by atoms with E-state index < -0.39 is 11.1 Å². The van der Waals surface area contributed by atoms with E-state index in [1.165, 1.54) is 5.43 Å². The lowest BCUT2D eigenvalue weighted by Crippen LogP contribution is -2.31. The van der Waals surface area contributed by atoms with Crippen molar-refractivity contribution in [2.75, 3.05) is 6.61 Å². The first-order valence-electron chi connectivity index (χ1n) is 2.76. The van der Waals surface area contributed by atoms with Crippen molar-refractivity contribution in [1.82, 2.24) is 5.43 Å². The van der Waals surface area contributed by atoms with Gasteiger partial charge in [0.2, 0.25) is 0 Å². The molecule has 0 aromatic rings. The molecule has 0 heterocycles. The molecule has 6 nitrogen and oxygen atoms in total. The molecule has 0 aromatic heterocycles. The van der Waals surface area contributed by atoms with E-state index in [4.69, 9.17) is 5.21 Å². The molecule has 0 aliphatic rings. The summed E-state index contributed by atoms with van der Waals surface area (Å²) in [5.41, 5.74) is 1.45. The van der Waals surface area contributed by atoms with Crippen molar-refractivity contribution < 1.29 is 19.8 Å². The van der Waals surface area contributed by atoms with Crippen LogP contribution in [0.5, 0.6) is 0 Å². The Bertz CT molecular complexity index is 135. The topological polar surface area (TPSA) is 78.6 Å². The van der Waals surface area contributed by atoms with Gasteiger partial charge in [0, 0.05) is 5.43 Å². The SMILES string of the molecule is CCCOC(=O)N[N+](=O)O. The molecule has 1 amide bonds. The summed E-state index contributed by atoms with van der Waals surface area (Å²) in [5.74, 6) is 0. The predicted octanol–water partition coefficient (Wildman–Crippen LogP) is 0.206. The lowest BCUT2D eigenvalue weighted by atomic mass is 10.5. The first-order valence-corrected chi connectivity index (χ1v) is 2.76. The molecule has 0 aliphatic carbocycles. The van der Waals surface area contributed by atoms with Gasteiger partial charge in [-0.25, -0.2) is 10.0 Å². The zero-order valence-corrected chi connectivity index (χ0v) is 5.53. The fraction of sp³-hybridized carbons (Fsp3) is 0.750. The van der Waals surface area contributed by atoms with Gasteiger partial charge in [0.25, 0.3) is 0 Å². The van der Waals surface area contributed by atoms with Gasteiger partial charge < -0.3 is 4.74 Å². The van der Waals surface area contributed by atoms with Crippen molar-refractivity contribution in [2.45, 2.75) is 13.3 Å². The van der Waals surface area contributed by atoms with E-state index >= 15 is 0 Å². The highest BCUT2D eigenvalue weighted by Gasteiger charge is 2.11. The molecule has 0 fully saturated rings. The Hall–Kier alpha value is -1.33. The second-order valence-electron chi connectivity index (χ2n) is 1.52. The third kappa shape index (κ3) is 4.82. The standard InChI is InChI=1S/C4H8N2O4/c1-2-3-10-4(7)5-6(8)9/h2-3H2,1H3,(H-,5,7,8,9)/p+1. The fourth-order valence-corrected chi connectivity index (χ4v) is 0.305. The van der Waals surface area contributed by atoms with Crippen LogP contribution in [0.25, 0.3) is 0 Å². The zero-order valence-electron chi connectivity index (χ0n) is 5.53. The highest BCUT2D eigenvalue weighted by molar-refractivity contribution is 5.65. The highest BCUT2D eigenvalue weighted by atomic mass is 16.7. The van der Waals surface area contributed by atoms with Gasteiger partial charge in [0.1, 0.15) is 4.91 Å². The van der Waals surface area contributed by atoms with Crippen molar-refractivity contribution in [3.8, 4) is 0 Å². The predicted molar refractivity (Wildman–Crippen MR) is 30.2 cm³/mol. The number of carbonyl (C=O) groups excluding carboxylic acids is 1. The summed E-state index contributed by atoms with van der Waals surface area (Å²) in [6.45, 7) is 2.03. The molecule has 0 aliphatic heterocycles. The maximum absolute atomic E-state index is 10.3. The Balaban J connectivity index is 3.35. The minimum atomic E-state index is -0.959. The molecule has 0 saturated heterocycles. The van der Waals surface area contributed by atoms with Crippen LogP contribution in [0.15, 0.2) is 0 Å². The summed E-state index contributed by atoms with van der Waals surface area (Å²) in [4.78, 5) is 20.0. The number of rotatable bonds is 3. The van der Waals surface area contributed by atoms with E-state index in [1.807, 2.05) is 0 Å². The molecule has 2 N–H and O–H groups in total. The van der Waals surface area contributed by atoms with Gasteiger partial charge in [-0.15, -0.1) is 0 Å². The Morgan fingerprint density at radius 3 is 2.80 bits per heavy atom. The van der Waals surface area contributed by atoms with Crippen molar-refractivity contribution in [2.24, 2.45) is 0 Å². The van der Waals surface area contributed by atoms with Crippen LogP contribution < -0.4 is 5.43 Å². The Morgan fingerprint density at radius 2 is 2.40 bits per heavy atom. The maximum atomic E-state index is 10.3. The minimum Gasteiger partial charge on any atom is -0.446 e. The number of hydrazine groups is 1. The quantitative estimate of drug-likeness (QED) is 0.562. The second kappa shape index (κ2) is 4.54. The van der Waals surface area contributed by atoms with E-state index in [1.54, 1.807) is 6.92 Å². The van der Waals surface area contributed by atoms with Gasteiger partial charge in [-0.05, 0) is 6.42 Å². The van der Waals surface area contributed by atoms with Gasteiger partial charge in [-0.3, -0.25) is 0 Å². The van der Waals surface area contributed by atoms with Gasteiger partial charge in [-0.1, -0.05) is 6.92 Å². The summed E-state index contributed by atoms with van der Waals surface area (Å²) >= 11 is 0. The largest absolute Gasteiger partial charge is 0.468 e. The van der Waals surface area contributed by atoms with Crippen LogP contribution >= 0.6 is 0 Å². The van der Waals surface area contributed by atoms with E-state index in [2.05, 4.69) is 4.74 Å². The molecular weight excluding hydrogens is 140 g/mol. The average molecular weight is 149 g/mol. The summed E-state index contributed by atoms with van der Waals surface area (Å²) in [6.07, 6.45) is -0.295. The molecule has 58 valence electrons. The minimum absolute atomic E-state index is 0.222. The van der Waals surface area contributed by atoms with Crippen molar-refractivity contribution >= 4 is 6.09 Å². The van der Waals surface area contributed by atoms with Crippen molar-refractivity contribution in [3.05, 3.63) is 4.91 Å². The summed E-state index contributed by atoms with van der Waals surface area (Å²) in [5, 5.41) is 7.18. The van der Waals surface area contributed by atoms with Crippen LogP contribution in [-0.4, -0.2) is 22.9 Å². The van der Waals surface area contributed by atoms with Gasteiger partial charge in [0.05, 0.1) is 6.61 Å². The lowest BCUT2D eigenvalue weighted by molar-refractivity contribution is -0.824. The third-order valence-electron chi connectivity index (χ3n) is 0.624. The molecule has 0 unspecified atom stereocenters. The molecule has 0 spiro atoms. The molecule has 0 aromatic carbocycles. The first kappa shape index (κ1) is 8.67. The van der Waals surface area contributed by atoms with E-state index in [0.29, 0.717) is 6.42 Å². The maximum Gasteiger partial charge on any atom is 0.468 e. The number of hydrogen-bond acceptors (Lipinski definition) is 3. The summed E-state index contributed by atoms with van der Waals surface area (Å²) in [6, 6.07) is 0. The lowest BCUT2D eigenvalue weighted by Gasteiger charge is -1.95. The number of hydrogen-bond donors (Lipinski definition) is 2. The summed E-state index contributed by atoms with van der Waals surface area (Å²) in [7, 11) is 0. The van der Waals surface area contributed by atoms with Crippen molar-refractivity contribution in [3.63, 3.8) is 0 Å². The Morgan fingerprint density at radius 1 is 1.80 bits per heavy atom. The summed E-state index contributed by atoms with van der Waals surface area (Å²) < 4.78 is 4.35. The highest BCUT2D eigenvalue weighted by Crippen LogP contribution is 1.80. The van der Waals surface area contributed by atoms with E-state index in [-0.39, 0.29) is 6.61 Å². The molecule has 0 atom stereocenters. The average Bonchev–Trinajstić information content (AvgIpc) is 1.82. The van der Waals surface area contributed by atoms with Gasteiger partial charge >= 0.3 is 11.1 Å². The van der Waals surface area contributed by atoms with Gasteiger partial charge in [0.15, 0.2) is 0 Å². The van der Waals surface area contributed by atoms with E-state index in [9.17, 15) is 9.70 Å². The molecule has 10 heavy (non-hydrogen) atoms. The van der Waals surface area contributed by atoms with Gasteiger partial charge in [-0.2, -0.15) is 0 Å². The monoisotopic (exact) mass is 149 g/mol. The van der Waals surface area contributed by atoms with Crippen LogP contribution in [0.3, 0.4) is 0 Å². The van der Waals surface area contributed by atoms with Crippen LogP contribution in [0.1, 0.15) is 13.3 Å². The normalized spacial score (nSPS) is 8.50. The molecule has 0 rings (SSSR count). The Labute approximate surface area is 57.3 Å². The Kier molecular flexibility index (Phi) is 3.94. The number of carbonyl (C=O) groups is 1. The van der Waals surface area contributed by atoms with Crippen LogP contribution in [0.2, 0.25) is 0 Å². The number of nitrogens with zero attached hydrogens (tertiary/aromatic N) is 1. The molecule has 6 heteroatoms. The van der Waals surface area contributed by atoms with Crippen LogP contribution in [0, 0.1) is 4.91 Å². The molecule has 0 saturated carbocycles. The third-order valence-corrected chi connectivity index (χ3v) is 0.624. The number of amides is 1. The van der Waals surface area contributed by atoms with Crippen molar-refractivity contribution in [1.29, 1.82) is 0 Å². The van der Waals surface area contributed by atoms with Crippen LogP contribution in [0.4, 0.5) is 4.79 Å². The smallest absolute Gasteiger partial charge is 0.446 e. The molecule has 0 bridgehead atoms. The number of nitrogens with one attached hydrogen (secondary N) is 1. The zero-order chi connectivity index (χ0) is 7.98. The number of ether oxygens (including phenoxy) is 1. The second-order valence-corrected chi connectivity index (χ2v) is 1.52. The van der Waals surface area contributed by atoms with Crippen LogP contribution in [-0.2, 0) is 4.74 Å². The fourth-order valence-electron chi connectivity index (χ4n) is 0.305.